The molecule has 0 radical (unpaired) electrons. The number of methoxy groups -OCH3 is 1. The van der Waals surface area contributed by atoms with Crippen LogP contribution in [0.4, 0.5) is 19.9 Å². The number of furan rings is 1. The molecule has 1 aliphatic rings. The van der Waals surface area contributed by atoms with E-state index in [9.17, 15) is 33.8 Å². The number of rotatable bonds is 13. The monoisotopic (exact) mass is 851 g/mol. The van der Waals surface area contributed by atoms with Crippen molar-refractivity contribution in [2.75, 3.05) is 18.6 Å². The molecule has 2 amide bonds. The Labute approximate surface area is 361 Å². The quantitative estimate of drug-likeness (QED) is 0.101. The summed E-state index contributed by atoms with van der Waals surface area (Å²) >= 11 is 0. The van der Waals surface area contributed by atoms with E-state index in [1.54, 1.807) is 24.5 Å². The van der Waals surface area contributed by atoms with Crippen LogP contribution in [0.3, 0.4) is 0 Å². The highest BCUT2D eigenvalue weighted by molar-refractivity contribution is 5.97. The number of aliphatic carboxylic acids is 2. The summed E-state index contributed by atoms with van der Waals surface area (Å²) in [6, 6.07) is 39.0. The van der Waals surface area contributed by atoms with Gasteiger partial charge in [-0.3, -0.25) is 4.98 Å². The number of carbonyl (C=O) groups excluding carboxylic acids is 2. The molecular formula is C49H42FN3O10. The molecule has 1 unspecified atom stereocenters. The number of fused-ring (bicyclic) bond motifs is 2. The Kier molecular flexibility index (Phi) is 13.7. The van der Waals surface area contributed by atoms with E-state index in [0.29, 0.717) is 23.0 Å². The van der Waals surface area contributed by atoms with E-state index in [1.807, 2.05) is 84.9 Å². The van der Waals surface area contributed by atoms with E-state index >= 15 is 0 Å². The number of ether oxygens (including phenoxy) is 3. The summed E-state index contributed by atoms with van der Waals surface area (Å²) in [5.41, 5.74) is 6.93. The van der Waals surface area contributed by atoms with Crippen molar-refractivity contribution in [3.05, 3.63) is 174 Å². The van der Waals surface area contributed by atoms with Crippen LogP contribution >= 0.6 is 0 Å². The lowest BCUT2D eigenvalue weighted by atomic mass is 10.0. The van der Waals surface area contributed by atoms with Crippen LogP contribution in [0.25, 0.3) is 33.2 Å². The minimum atomic E-state index is -1.33. The summed E-state index contributed by atoms with van der Waals surface area (Å²) in [5.74, 6) is -1.99. The summed E-state index contributed by atoms with van der Waals surface area (Å²) in [6.07, 6.45) is 2.19. The van der Waals surface area contributed by atoms with Gasteiger partial charge in [0.1, 0.15) is 41.9 Å². The highest BCUT2D eigenvalue weighted by Gasteiger charge is 2.35. The van der Waals surface area contributed by atoms with Gasteiger partial charge < -0.3 is 34.2 Å². The van der Waals surface area contributed by atoms with E-state index in [0.717, 1.165) is 51.1 Å². The lowest BCUT2D eigenvalue weighted by Crippen LogP contribution is -2.46. The molecule has 0 spiro atoms. The van der Waals surface area contributed by atoms with E-state index < -0.39 is 42.0 Å². The summed E-state index contributed by atoms with van der Waals surface area (Å²) < 4.78 is 35.0. The van der Waals surface area contributed by atoms with Crippen LogP contribution in [0, 0.1) is 5.82 Å². The molecule has 1 aliphatic heterocycles. The molecule has 0 fully saturated rings. The number of benzene rings is 5. The van der Waals surface area contributed by atoms with Gasteiger partial charge in [0.15, 0.2) is 0 Å². The maximum atomic E-state index is 13.2. The molecule has 3 N–H and O–H groups in total. The molecule has 0 saturated heterocycles. The molecule has 320 valence electrons. The lowest BCUT2D eigenvalue weighted by Gasteiger charge is -2.25. The number of amides is 2. The average molecular weight is 852 g/mol. The zero-order valence-corrected chi connectivity index (χ0v) is 33.9. The van der Waals surface area contributed by atoms with Crippen LogP contribution in [0.1, 0.15) is 16.7 Å². The second-order valence-corrected chi connectivity index (χ2v) is 14.6. The average Bonchev–Trinajstić information content (AvgIpc) is 3.93. The topological polar surface area (TPSA) is 178 Å². The Morgan fingerprint density at radius 3 is 2.14 bits per heavy atom. The van der Waals surface area contributed by atoms with Crippen LogP contribution in [0.2, 0.25) is 0 Å². The molecule has 13 nitrogen and oxygen atoms in total. The molecule has 14 heteroatoms. The first-order valence-electron chi connectivity index (χ1n) is 19.9. The van der Waals surface area contributed by atoms with Crippen molar-refractivity contribution in [3.63, 3.8) is 0 Å². The number of carboxylic acid groups (broad SMARTS) is 2. The number of halogens is 1. The van der Waals surface area contributed by atoms with Gasteiger partial charge >= 0.3 is 24.1 Å². The number of carboxylic acids is 2. The van der Waals surface area contributed by atoms with Crippen LogP contribution < -0.4 is 15.0 Å². The summed E-state index contributed by atoms with van der Waals surface area (Å²) in [7, 11) is 1.16. The molecule has 7 aromatic rings. The van der Waals surface area contributed by atoms with E-state index in [2.05, 4.69) is 28.5 Å². The maximum Gasteiger partial charge on any atom is 0.417 e. The first-order chi connectivity index (χ1) is 30.5. The molecule has 8 rings (SSSR count). The van der Waals surface area contributed by atoms with Crippen molar-refractivity contribution in [3.8, 4) is 28.0 Å². The van der Waals surface area contributed by atoms with Crippen molar-refractivity contribution in [2.24, 2.45) is 0 Å². The number of hydrogen-bond donors (Lipinski definition) is 3. The number of nitrogens with one attached hydrogen (secondary N) is 1. The third kappa shape index (κ3) is 11.0. The number of anilines is 1. The van der Waals surface area contributed by atoms with E-state index in [1.165, 1.54) is 24.3 Å². The van der Waals surface area contributed by atoms with Crippen molar-refractivity contribution in [1.29, 1.82) is 0 Å². The second-order valence-electron chi connectivity index (χ2n) is 14.6. The number of hydrogen-bond acceptors (Lipinski definition) is 9. The first kappa shape index (κ1) is 43.1. The normalized spacial score (nSPS) is 13.6. The van der Waals surface area contributed by atoms with Crippen molar-refractivity contribution in [1.82, 2.24) is 10.3 Å². The number of alkyl carbamates (subject to hydrolysis) is 1. The largest absolute Gasteiger partial charge is 0.486 e. The summed E-state index contributed by atoms with van der Waals surface area (Å²) in [5, 5.41) is 22.4. The smallest absolute Gasteiger partial charge is 0.417 e. The summed E-state index contributed by atoms with van der Waals surface area (Å²) in [4.78, 5) is 53.4. The van der Waals surface area contributed by atoms with Gasteiger partial charge in [-0.15, -0.1) is 0 Å². The number of nitrogens with zero attached hydrogens (tertiary/aromatic N) is 2. The van der Waals surface area contributed by atoms with Gasteiger partial charge in [-0.1, -0.05) is 91.0 Å². The van der Waals surface area contributed by atoms with E-state index in [4.69, 9.17) is 18.6 Å². The number of aromatic nitrogens is 1. The molecule has 0 bridgehead atoms. The Bertz CT molecular complexity index is 2680. The Hall–Kier alpha value is -8.00. The maximum absolute atomic E-state index is 13.2. The molecule has 2 aromatic heterocycles. The Morgan fingerprint density at radius 1 is 0.778 bits per heavy atom. The fourth-order valence-electron chi connectivity index (χ4n) is 7.09. The van der Waals surface area contributed by atoms with Crippen LogP contribution in [-0.2, 0) is 38.3 Å². The molecule has 3 heterocycles. The third-order valence-corrected chi connectivity index (χ3v) is 10.2. The fourth-order valence-corrected chi connectivity index (χ4v) is 7.09. The van der Waals surface area contributed by atoms with Crippen molar-refractivity contribution >= 4 is 41.0 Å². The van der Waals surface area contributed by atoms with E-state index in [-0.39, 0.29) is 31.4 Å². The fraction of sp³-hybridized carbons (Fsp3) is 0.163. The number of pyridine rings is 1. The first-order valence-corrected chi connectivity index (χ1v) is 19.9. The zero-order valence-electron chi connectivity index (χ0n) is 33.9. The molecule has 3 atom stereocenters. The predicted molar refractivity (Wildman–Crippen MR) is 232 cm³/mol. The molecule has 63 heavy (non-hydrogen) atoms. The van der Waals surface area contributed by atoms with Crippen LogP contribution in [0.5, 0.6) is 5.75 Å². The second kappa shape index (κ2) is 20.0. The van der Waals surface area contributed by atoms with Gasteiger partial charge in [-0.05, 0) is 75.8 Å². The molecule has 0 saturated carbocycles. The van der Waals surface area contributed by atoms with Crippen molar-refractivity contribution in [2.45, 2.75) is 37.5 Å². The van der Waals surface area contributed by atoms with Crippen LogP contribution in [0.15, 0.2) is 156 Å². The molecule has 5 aromatic carbocycles. The highest BCUT2D eigenvalue weighted by Crippen LogP contribution is 2.34. The minimum absolute atomic E-state index is 0.0321. The third-order valence-electron chi connectivity index (χ3n) is 10.2. The predicted octanol–water partition coefficient (Wildman–Crippen LogP) is 8.98. The van der Waals surface area contributed by atoms with Crippen LogP contribution in [-0.4, -0.2) is 71.2 Å². The van der Waals surface area contributed by atoms with Gasteiger partial charge in [0.25, 0.3) is 0 Å². The molecular weight excluding hydrogens is 810 g/mol. The van der Waals surface area contributed by atoms with Gasteiger partial charge in [-0.2, -0.15) is 0 Å². The standard InChI is InChI=1S/C25H23NO5.C24H19FN2O5/c27-24(28)22(13-17-7-3-1-4-8-17)26-25(29)30-16-21-15-20-14-19(11-12-23(20)31-21)18-9-5-2-6-10-18;1-31-24(30)27(20(23(28)29)11-15-4-7-19(25)8-5-15)22-13-18-12-16(6-9-21(18)32-22)17-3-2-10-26-14-17/h1-12,14,21-22H,13,15-16H2,(H,26,29)(H,27,28);2-10,12-14,20H,11H2,1H3,(H,28,29)/t21?,22-;20-/m11/s1. The van der Waals surface area contributed by atoms with Gasteiger partial charge in [-0.25, -0.2) is 28.5 Å². The Morgan fingerprint density at radius 2 is 1.46 bits per heavy atom. The zero-order chi connectivity index (χ0) is 44.3. The molecule has 0 aliphatic carbocycles. The SMILES string of the molecule is COC(=O)N(c1cc2cc(-c3cccnc3)ccc2o1)[C@H](Cc1ccc(F)cc1)C(=O)O.O=C(N[C@H](Cc1ccccc1)C(=O)O)OCC1Cc2cc(-c3ccccc3)ccc2O1. The van der Waals surface area contributed by atoms with Gasteiger partial charge in [0.05, 0.1) is 7.11 Å². The van der Waals surface area contributed by atoms with Gasteiger partial charge in [0.2, 0.25) is 5.88 Å². The Balaban J connectivity index is 0.000000189. The highest BCUT2D eigenvalue weighted by atomic mass is 19.1. The summed E-state index contributed by atoms with van der Waals surface area (Å²) in [6.45, 7) is 0.0405. The van der Waals surface area contributed by atoms with Gasteiger partial charge in [0, 0.05) is 48.7 Å². The minimum Gasteiger partial charge on any atom is -0.486 e. The number of carbonyl (C=O) groups is 4. The van der Waals surface area contributed by atoms with Crippen molar-refractivity contribution < 1.29 is 52.4 Å². The lowest BCUT2D eigenvalue weighted by molar-refractivity contribution is -0.139.